The molecule has 3 amide bonds. The topological polar surface area (TPSA) is 133 Å². The second-order valence-corrected chi connectivity index (χ2v) is 5.30. The van der Waals surface area contributed by atoms with E-state index in [0.717, 1.165) is 0 Å². The van der Waals surface area contributed by atoms with Gasteiger partial charge in [-0.05, 0) is 30.3 Å². The van der Waals surface area contributed by atoms with Crippen LogP contribution in [0.5, 0.6) is 0 Å². The van der Waals surface area contributed by atoms with Gasteiger partial charge in [-0.3, -0.25) is 19.2 Å². The summed E-state index contributed by atoms with van der Waals surface area (Å²) < 4.78 is 0. The Hall–Kier alpha value is -3.49. The molecule has 0 radical (unpaired) electrons. The minimum atomic E-state index is -0.452. The standard InChI is InChI=1S/C17H19N5O4/c1-2-14(23)20-12-5-3-11(4-6-12)16(25)18-9-10-19-17(26)13-7-8-15(24)22-21-13/h3-8H,2,9-10H2,1H3,(H,18,25)(H,19,26)(H,20,23)(H,22,24). The van der Waals surface area contributed by atoms with Crippen molar-refractivity contribution >= 4 is 23.4 Å². The van der Waals surface area contributed by atoms with E-state index in [9.17, 15) is 19.2 Å². The molecule has 4 N–H and O–H groups in total. The molecule has 26 heavy (non-hydrogen) atoms. The normalized spacial score (nSPS) is 10.0. The highest BCUT2D eigenvalue weighted by Crippen LogP contribution is 2.09. The first-order valence-electron chi connectivity index (χ1n) is 8.01. The summed E-state index contributed by atoms with van der Waals surface area (Å²) in [6.07, 6.45) is 0.378. The predicted octanol–water partition coefficient (Wildman–Crippen LogP) is 0.278. The summed E-state index contributed by atoms with van der Waals surface area (Å²) in [5, 5.41) is 13.7. The molecule has 0 aliphatic rings. The van der Waals surface area contributed by atoms with Gasteiger partial charge in [0.15, 0.2) is 0 Å². The summed E-state index contributed by atoms with van der Waals surface area (Å²) >= 11 is 0. The number of nitrogens with zero attached hydrogens (tertiary/aromatic N) is 1. The fraction of sp³-hybridized carbons (Fsp3) is 0.235. The zero-order valence-electron chi connectivity index (χ0n) is 14.2. The quantitative estimate of drug-likeness (QED) is 0.528. The molecule has 0 bridgehead atoms. The Morgan fingerprint density at radius 1 is 0.962 bits per heavy atom. The fourth-order valence-corrected chi connectivity index (χ4v) is 1.97. The van der Waals surface area contributed by atoms with E-state index in [1.165, 1.54) is 12.1 Å². The lowest BCUT2D eigenvalue weighted by molar-refractivity contribution is -0.115. The largest absolute Gasteiger partial charge is 0.350 e. The van der Waals surface area contributed by atoms with Crippen LogP contribution in [0.1, 0.15) is 34.2 Å². The zero-order chi connectivity index (χ0) is 18.9. The van der Waals surface area contributed by atoms with Crippen molar-refractivity contribution in [3.8, 4) is 0 Å². The molecular formula is C17H19N5O4. The smallest absolute Gasteiger partial charge is 0.271 e. The Kier molecular flexibility index (Phi) is 6.60. The van der Waals surface area contributed by atoms with Crippen molar-refractivity contribution in [2.75, 3.05) is 18.4 Å². The Morgan fingerprint density at radius 2 is 1.62 bits per heavy atom. The van der Waals surface area contributed by atoms with Gasteiger partial charge in [-0.15, -0.1) is 0 Å². The SMILES string of the molecule is CCC(=O)Nc1ccc(C(=O)NCCNC(=O)c2ccc(=O)[nH]n2)cc1. The molecule has 136 valence electrons. The molecule has 2 rings (SSSR count). The summed E-state index contributed by atoms with van der Waals surface area (Å²) in [7, 11) is 0. The van der Waals surface area contributed by atoms with Gasteiger partial charge >= 0.3 is 0 Å². The second-order valence-electron chi connectivity index (χ2n) is 5.30. The van der Waals surface area contributed by atoms with Crippen molar-refractivity contribution in [2.24, 2.45) is 0 Å². The van der Waals surface area contributed by atoms with Crippen molar-refractivity contribution in [2.45, 2.75) is 13.3 Å². The molecule has 0 saturated carbocycles. The highest BCUT2D eigenvalue weighted by Gasteiger charge is 2.08. The van der Waals surface area contributed by atoms with Crippen molar-refractivity contribution in [1.82, 2.24) is 20.8 Å². The van der Waals surface area contributed by atoms with Crippen LogP contribution >= 0.6 is 0 Å². The van der Waals surface area contributed by atoms with Crippen LogP contribution in [0.4, 0.5) is 5.69 Å². The summed E-state index contributed by atoms with van der Waals surface area (Å²) in [6.45, 7) is 2.18. The monoisotopic (exact) mass is 357 g/mol. The number of nitrogens with one attached hydrogen (secondary N) is 4. The number of aromatic amines is 1. The maximum Gasteiger partial charge on any atom is 0.271 e. The lowest BCUT2D eigenvalue weighted by atomic mass is 10.2. The Morgan fingerprint density at radius 3 is 2.19 bits per heavy atom. The molecule has 9 nitrogen and oxygen atoms in total. The number of aromatic nitrogens is 2. The number of amides is 3. The zero-order valence-corrected chi connectivity index (χ0v) is 14.2. The van der Waals surface area contributed by atoms with Crippen LogP contribution < -0.4 is 21.5 Å². The Labute approximate surface area is 149 Å². The van der Waals surface area contributed by atoms with Crippen molar-refractivity contribution < 1.29 is 14.4 Å². The number of carbonyl (C=O) groups excluding carboxylic acids is 3. The van der Waals surface area contributed by atoms with Gasteiger partial charge in [0.2, 0.25) is 5.91 Å². The first-order valence-corrected chi connectivity index (χ1v) is 8.01. The van der Waals surface area contributed by atoms with Crippen LogP contribution in [-0.4, -0.2) is 41.0 Å². The molecule has 0 atom stereocenters. The highest BCUT2D eigenvalue weighted by atomic mass is 16.2. The van der Waals surface area contributed by atoms with Gasteiger partial charge in [-0.25, -0.2) is 5.10 Å². The van der Waals surface area contributed by atoms with Gasteiger partial charge in [0.25, 0.3) is 17.4 Å². The minimum absolute atomic E-state index is 0.0839. The average molecular weight is 357 g/mol. The maximum absolute atomic E-state index is 12.0. The third kappa shape index (κ3) is 5.55. The summed E-state index contributed by atoms with van der Waals surface area (Å²) in [5.74, 6) is -0.851. The third-order valence-electron chi connectivity index (χ3n) is 3.36. The number of hydrogen-bond donors (Lipinski definition) is 4. The van der Waals surface area contributed by atoms with Crippen LogP contribution in [0.25, 0.3) is 0 Å². The van der Waals surface area contributed by atoms with Gasteiger partial charge in [-0.1, -0.05) is 6.92 Å². The Balaban J connectivity index is 1.76. The summed E-state index contributed by atoms with van der Waals surface area (Å²) in [4.78, 5) is 46.0. The lowest BCUT2D eigenvalue weighted by Gasteiger charge is -2.08. The van der Waals surface area contributed by atoms with E-state index in [4.69, 9.17) is 0 Å². The van der Waals surface area contributed by atoms with E-state index in [1.807, 2.05) is 0 Å². The van der Waals surface area contributed by atoms with E-state index >= 15 is 0 Å². The van der Waals surface area contributed by atoms with Crippen LogP contribution in [0.2, 0.25) is 0 Å². The lowest BCUT2D eigenvalue weighted by Crippen LogP contribution is -2.35. The van der Waals surface area contributed by atoms with E-state index in [-0.39, 0.29) is 30.6 Å². The third-order valence-corrected chi connectivity index (χ3v) is 3.36. The number of rotatable bonds is 7. The molecule has 0 unspecified atom stereocenters. The van der Waals surface area contributed by atoms with Crippen molar-refractivity contribution in [3.63, 3.8) is 0 Å². The predicted molar refractivity (Wildman–Crippen MR) is 94.9 cm³/mol. The molecule has 2 aromatic rings. The van der Waals surface area contributed by atoms with Gasteiger partial charge in [0.05, 0.1) is 0 Å². The van der Waals surface area contributed by atoms with E-state index in [1.54, 1.807) is 31.2 Å². The van der Waals surface area contributed by atoms with Crippen LogP contribution in [-0.2, 0) is 4.79 Å². The second kappa shape index (κ2) is 9.11. The van der Waals surface area contributed by atoms with Crippen LogP contribution in [0.3, 0.4) is 0 Å². The molecule has 1 heterocycles. The van der Waals surface area contributed by atoms with E-state index < -0.39 is 11.5 Å². The number of H-pyrrole nitrogens is 1. The van der Waals surface area contributed by atoms with Gasteiger partial charge in [0.1, 0.15) is 5.69 Å². The molecule has 0 fully saturated rings. The number of anilines is 1. The molecule has 0 aliphatic carbocycles. The van der Waals surface area contributed by atoms with Gasteiger partial charge < -0.3 is 16.0 Å². The molecule has 0 aliphatic heterocycles. The molecule has 0 saturated heterocycles. The summed E-state index contributed by atoms with van der Waals surface area (Å²) in [6, 6.07) is 9.01. The first-order chi connectivity index (χ1) is 12.5. The maximum atomic E-state index is 12.0. The number of carbonyl (C=O) groups is 3. The molecular weight excluding hydrogens is 338 g/mol. The molecule has 1 aromatic carbocycles. The highest BCUT2D eigenvalue weighted by molar-refractivity contribution is 5.96. The van der Waals surface area contributed by atoms with Gasteiger partial charge in [-0.2, -0.15) is 5.10 Å². The van der Waals surface area contributed by atoms with Crippen molar-refractivity contribution in [1.29, 1.82) is 0 Å². The Bertz CT molecular complexity index is 824. The molecule has 0 spiro atoms. The average Bonchev–Trinajstić information content (AvgIpc) is 2.66. The fourth-order valence-electron chi connectivity index (χ4n) is 1.97. The summed E-state index contributed by atoms with van der Waals surface area (Å²) in [5.41, 5.74) is 0.747. The van der Waals surface area contributed by atoms with Crippen LogP contribution in [0.15, 0.2) is 41.2 Å². The first kappa shape index (κ1) is 18.8. The molecule has 1 aromatic heterocycles. The van der Waals surface area contributed by atoms with E-state index in [0.29, 0.717) is 17.7 Å². The van der Waals surface area contributed by atoms with Crippen LogP contribution in [0, 0.1) is 0 Å². The van der Waals surface area contributed by atoms with Gasteiger partial charge in [0, 0.05) is 36.8 Å². The van der Waals surface area contributed by atoms with Crippen molar-refractivity contribution in [3.05, 3.63) is 58.0 Å². The molecule has 9 heteroatoms. The number of benzene rings is 1. The van der Waals surface area contributed by atoms with E-state index in [2.05, 4.69) is 26.1 Å². The number of hydrogen-bond acceptors (Lipinski definition) is 5. The minimum Gasteiger partial charge on any atom is -0.350 e.